The average Bonchev–Trinajstić information content (AvgIpc) is 2.86. The van der Waals surface area contributed by atoms with Crippen molar-refractivity contribution in [2.24, 2.45) is 0 Å². The van der Waals surface area contributed by atoms with E-state index in [1.807, 2.05) is 24.3 Å². The fourth-order valence-electron chi connectivity index (χ4n) is 2.11. The Labute approximate surface area is 123 Å². The number of hydrogen-bond donors (Lipinski definition) is 2. The van der Waals surface area contributed by atoms with Gasteiger partial charge in [0, 0.05) is 23.5 Å². The van der Waals surface area contributed by atoms with Crippen molar-refractivity contribution >= 4 is 33.0 Å². The van der Waals surface area contributed by atoms with Gasteiger partial charge in [-0.2, -0.15) is 0 Å². The summed E-state index contributed by atoms with van der Waals surface area (Å²) in [5.74, 6) is -0.00284. The third-order valence-electron chi connectivity index (χ3n) is 3.38. The molecule has 0 unspecified atom stereocenters. The standard InChI is InChI=1S/C15H21N3OS/c1-3-18(4-2)8-7-17-15(19)14-9-11-5-6-12(16)10-13(11)20-14/h5-6,9-10H,3-4,7-8,16H2,1-2H3,(H,17,19). The first-order valence-electron chi connectivity index (χ1n) is 6.93. The van der Waals surface area contributed by atoms with Crippen LogP contribution in [0.5, 0.6) is 0 Å². The maximum absolute atomic E-state index is 12.1. The van der Waals surface area contributed by atoms with Crippen molar-refractivity contribution in [1.82, 2.24) is 10.2 Å². The lowest BCUT2D eigenvalue weighted by Crippen LogP contribution is -2.34. The molecule has 3 N–H and O–H groups in total. The molecule has 0 radical (unpaired) electrons. The quantitative estimate of drug-likeness (QED) is 0.804. The van der Waals surface area contributed by atoms with Gasteiger partial charge in [-0.25, -0.2) is 0 Å². The second-order valence-electron chi connectivity index (χ2n) is 4.69. The lowest BCUT2D eigenvalue weighted by Gasteiger charge is -2.17. The van der Waals surface area contributed by atoms with E-state index in [9.17, 15) is 4.79 Å². The highest BCUT2D eigenvalue weighted by molar-refractivity contribution is 7.20. The fourth-order valence-corrected chi connectivity index (χ4v) is 3.14. The Kier molecular flexibility index (Phi) is 4.98. The summed E-state index contributed by atoms with van der Waals surface area (Å²) in [5.41, 5.74) is 6.48. The van der Waals surface area contributed by atoms with Gasteiger partial charge in [-0.05, 0) is 36.7 Å². The molecule has 0 fully saturated rings. The summed E-state index contributed by atoms with van der Waals surface area (Å²) < 4.78 is 1.05. The lowest BCUT2D eigenvalue weighted by atomic mass is 10.2. The van der Waals surface area contributed by atoms with Crippen LogP contribution in [-0.4, -0.2) is 37.0 Å². The van der Waals surface area contributed by atoms with Gasteiger partial charge in [0.25, 0.3) is 5.91 Å². The minimum Gasteiger partial charge on any atom is -0.399 e. The Morgan fingerprint density at radius 3 is 2.75 bits per heavy atom. The second kappa shape index (κ2) is 6.72. The number of carbonyl (C=O) groups is 1. The largest absolute Gasteiger partial charge is 0.399 e. The molecular weight excluding hydrogens is 270 g/mol. The number of hydrogen-bond acceptors (Lipinski definition) is 4. The van der Waals surface area contributed by atoms with Gasteiger partial charge >= 0.3 is 0 Å². The molecular formula is C15H21N3OS. The van der Waals surface area contributed by atoms with Crippen LogP contribution in [0.3, 0.4) is 0 Å². The van der Waals surface area contributed by atoms with E-state index in [1.54, 1.807) is 0 Å². The van der Waals surface area contributed by atoms with Gasteiger partial charge in [0.1, 0.15) is 0 Å². The monoisotopic (exact) mass is 291 g/mol. The van der Waals surface area contributed by atoms with E-state index < -0.39 is 0 Å². The van der Waals surface area contributed by atoms with Crippen molar-refractivity contribution in [3.63, 3.8) is 0 Å². The lowest BCUT2D eigenvalue weighted by molar-refractivity contribution is 0.0953. The molecule has 4 nitrogen and oxygen atoms in total. The summed E-state index contributed by atoms with van der Waals surface area (Å²) in [6.45, 7) is 7.83. The molecule has 0 aliphatic heterocycles. The van der Waals surface area contributed by atoms with Crippen molar-refractivity contribution in [2.75, 3.05) is 31.9 Å². The van der Waals surface area contributed by atoms with Crippen molar-refractivity contribution in [2.45, 2.75) is 13.8 Å². The van der Waals surface area contributed by atoms with Crippen LogP contribution in [0.25, 0.3) is 10.1 Å². The molecule has 0 saturated heterocycles. The van der Waals surface area contributed by atoms with Crippen LogP contribution in [0, 0.1) is 0 Å². The van der Waals surface area contributed by atoms with Crippen LogP contribution < -0.4 is 11.1 Å². The molecule has 1 amide bonds. The Balaban J connectivity index is 1.97. The Morgan fingerprint density at radius 2 is 2.05 bits per heavy atom. The molecule has 0 saturated carbocycles. The van der Waals surface area contributed by atoms with Crippen molar-refractivity contribution in [1.29, 1.82) is 0 Å². The number of nitrogens with two attached hydrogens (primary N) is 1. The van der Waals surface area contributed by atoms with Crippen LogP contribution in [0.1, 0.15) is 23.5 Å². The Hall–Kier alpha value is -1.59. The van der Waals surface area contributed by atoms with E-state index in [0.29, 0.717) is 6.54 Å². The maximum atomic E-state index is 12.1. The van der Waals surface area contributed by atoms with E-state index in [2.05, 4.69) is 24.1 Å². The van der Waals surface area contributed by atoms with Gasteiger partial charge in [-0.1, -0.05) is 19.9 Å². The zero-order valence-electron chi connectivity index (χ0n) is 12.0. The molecule has 108 valence electrons. The van der Waals surface area contributed by atoms with Gasteiger partial charge in [0.2, 0.25) is 0 Å². The predicted octanol–water partition coefficient (Wildman–Crippen LogP) is 2.56. The van der Waals surface area contributed by atoms with Gasteiger partial charge in [0.05, 0.1) is 4.88 Å². The SMILES string of the molecule is CCN(CC)CCNC(=O)c1cc2ccc(N)cc2s1. The summed E-state index contributed by atoms with van der Waals surface area (Å²) >= 11 is 1.48. The molecule has 0 atom stereocenters. The van der Waals surface area contributed by atoms with Crippen LogP contribution in [0.2, 0.25) is 0 Å². The Morgan fingerprint density at radius 1 is 1.30 bits per heavy atom. The molecule has 1 aromatic heterocycles. The van der Waals surface area contributed by atoms with Gasteiger partial charge in [-0.15, -0.1) is 11.3 Å². The molecule has 1 heterocycles. The number of nitrogens with one attached hydrogen (secondary N) is 1. The number of thiophene rings is 1. The average molecular weight is 291 g/mol. The van der Waals surface area contributed by atoms with Gasteiger partial charge < -0.3 is 16.0 Å². The minimum absolute atomic E-state index is 0.00284. The first kappa shape index (κ1) is 14.8. The zero-order valence-corrected chi connectivity index (χ0v) is 12.8. The highest BCUT2D eigenvalue weighted by atomic mass is 32.1. The summed E-state index contributed by atoms with van der Waals surface area (Å²) in [5, 5.41) is 4.04. The van der Waals surface area contributed by atoms with Crippen LogP contribution >= 0.6 is 11.3 Å². The molecule has 0 aliphatic carbocycles. The molecule has 2 aromatic rings. The predicted molar refractivity (Wildman–Crippen MR) is 86.4 cm³/mol. The molecule has 20 heavy (non-hydrogen) atoms. The van der Waals surface area contributed by atoms with Crippen molar-refractivity contribution in [3.05, 3.63) is 29.1 Å². The number of fused-ring (bicyclic) bond motifs is 1. The summed E-state index contributed by atoms with van der Waals surface area (Å²) in [7, 11) is 0. The normalized spacial score (nSPS) is 11.2. The van der Waals surface area contributed by atoms with Crippen LogP contribution in [0.15, 0.2) is 24.3 Å². The number of nitrogen functional groups attached to an aromatic ring is 1. The number of amides is 1. The van der Waals surface area contributed by atoms with E-state index in [4.69, 9.17) is 5.73 Å². The zero-order chi connectivity index (χ0) is 14.5. The van der Waals surface area contributed by atoms with Crippen LogP contribution in [-0.2, 0) is 0 Å². The molecule has 2 rings (SSSR count). The minimum atomic E-state index is -0.00284. The summed E-state index contributed by atoms with van der Waals surface area (Å²) in [6, 6.07) is 7.64. The maximum Gasteiger partial charge on any atom is 0.261 e. The molecule has 1 aromatic carbocycles. The number of nitrogens with zero attached hydrogens (tertiary/aromatic N) is 1. The van der Waals surface area contributed by atoms with E-state index in [1.165, 1.54) is 11.3 Å². The second-order valence-corrected chi connectivity index (χ2v) is 5.77. The van der Waals surface area contributed by atoms with Gasteiger partial charge in [-0.3, -0.25) is 4.79 Å². The fraction of sp³-hybridized carbons (Fsp3) is 0.400. The van der Waals surface area contributed by atoms with E-state index in [-0.39, 0.29) is 5.91 Å². The highest BCUT2D eigenvalue weighted by Crippen LogP contribution is 2.27. The topological polar surface area (TPSA) is 58.4 Å². The number of rotatable bonds is 6. The smallest absolute Gasteiger partial charge is 0.261 e. The first-order valence-corrected chi connectivity index (χ1v) is 7.75. The number of likely N-dealkylation sites (N-methyl/N-ethyl adjacent to an activating group) is 1. The first-order chi connectivity index (χ1) is 9.63. The van der Waals surface area contributed by atoms with Crippen molar-refractivity contribution in [3.8, 4) is 0 Å². The third kappa shape index (κ3) is 3.49. The molecule has 0 bridgehead atoms. The highest BCUT2D eigenvalue weighted by Gasteiger charge is 2.10. The third-order valence-corrected chi connectivity index (χ3v) is 4.47. The number of anilines is 1. The molecule has 0 aliphatic rings. The summed E-state index contributed by atoms with van der Waals surface area (Å²) in [6.07, 6.45) is 0. The van der Waals surface area contributed by atoms with E-state index >= 15 is 0 Å². The Bertz CT molecular complexity index is 590. The van der Waals surface area contributed by atoms with Crippen molar-refractivity contribution < 1.29 is 4.79 Å². The van der Waals surface area contributed by atoms with E-state index in [0.717, 1.165) is 40.3 Å². The number of carbonyl (C=O) groups excluding carboxylic acids is 1. The van der Waals surface area contributed by atoms with Crippen LogP contribution in [0.4, 0.5) is 5.69 Å². The molecule has 0 spiro atoms. The summed E-state index contributed by atoms with van der Waals surface area (Å²) in [4.78, 5) is 15.1. The number of benzene rings is 1. The van der Waals surface area contributed by atoms with Gasteiger partial charge in [0.15, 0.2) is 0 Å². The molecule has 5 heteroatoms.